The largest absolute Gasteiger partial charge is 0.398 e. The van der Waals surface area contributed by atoms with Gasteiger partial charge in [0, 0.05) is 14.2 Å². The van der Waals surface area contributed by atoms with Crippen LogP contribution in [0.2, 0.25) is 12.6 Å². The molecule has 1 aliphatic rings. The van der Waals surface area contributed by atoms with E-state index in [0.29, 0.717) is 0 Å². The molecule has 0 spiro atoms. The Morgan fingerprint density at radius 1 is 1.00 bits per heavy atom. The Labute approximate surface area is 87.7 Å². The predicted octanol–water partition coefficient (Wildman–Crippen LogP) is 1.40. The van der Waals surface area contributed by atoms with Crippen molar-refractivity contribution in [1.82, 2.24) is 0 Å². The molecule has 0 N–H and O–H groups in total. The molecular weight excluding hydrogens is 200 g/mol. The lowest BCUT2D eigenvalue weighted by Crippen LogP contribution is -2.34. The van der Waals surface area contributed by atoms with Crippen LogP contribution in [0.5, 0.6) is 0 Å². The third-order valence-electron chi connectivity index (χ3n) is 2.25. The van der Waals surface area contributed by atoms with Crippen LogP contribution < -0.4 is 0 Å². The summed E-state index contributed by atoms with van der Waals surface area (Å²) in [5.41, 5.74) is 0. The Morgan fingerprint density at radius 3 is 1.43 bits per heavy atom. The van der Waals surface area contributed by atoms with Crippen LogP contribution in [-0.2, 0) is 18.3 Å². The van der Waals surface area contributed by atoms with E-state index in [1.54, 1.807) is 14.2 Å². The SMILES string of the molecule is C1COCCO1.CC[Si](C)(OC)OC. The molecule has 5 heteroatoms. The molecule has 1 aliphatic heterocycles. The first kappa shape index (κ1) is 14.1. The maximum absolute atomic E-state index is 5.15. The van der Waals surface area contributed by atoms with Gasteiger partial charge >= 0.3 is 8.56 Å². The Morgan fingerprint density at radius 2 is 1.36 bits per heavy atom. The van der Waals surface area contributed by atoms with Crippen molar-refractivity contribution >= 4 is 8.56 Å². The zero-order chi connectivity index (χ0) is 10.9. The average molecular weight is 222 g/mol. The molecule has 0 saturated carbocycles. The number of ether oxygens (including phenoxy) is 2. The highest BCUT2D eigenvalue weighted by Crippen LogP contribution is 2.08. The maximum Gasteiger partial charge on any atom is 0.334 e. The second-order valence-corrected chi connectivity index (χ2v) is 6.91. The van der Waals surface area contributed by atoms with Crippen molar-refractivity contribution in [2.24, 2.45) is 0 Å². The monoisotopic (exact) mass is 222 g/mol. The summed E-state index contributed by atoms with van der Waals surface area (Å²) in [6.45, 7) is 7.24. The normalized spacial score (nSPS) is 17.1. The number of rotatable bonds is 3. The first-order valence-corrected chi connectivity index (χ1v) is 7.46. The van der Waals surface area contributed by atoms with Gasteiger partial charge in [-0.1, -0.05) is 6.92 Å². The summed E-state index contributed by atoms with van der Waals surface area (Å²) in [4.78, 5) is 0. The molecule has 0 aromatic carbocycles. The van der Waals surface area contributed by atoms with Crippen LogP contribution >= 0.6 is 0 Å². The third kappa shape index (κ3) is 6.50. The molecule has 0 amide bonds. The lowest BCUT2D eigenvalue weighted by molar-refractivity contribution is -0.0334. The van der Waals surface area contributed by atoms with Crippen LogP contribution in [0.15, 0.2) is 0 Å². The molecule has 0 bridgehead atoms. The molecule has 86 valence electrons. The van der Waals surface area contributed by atoms with Gasteiger partial charge in [-0.2, -0.15) is 0 Å². The van der Waals surface area contributed by atoms with Crippen LogP contribution in [0.4, 0.5) is 0 Å². The van der Waals surface area contributed by atoms with Crippen molar-refractivity contribution in [2.45, 2.75) is 19.5 Å². The van der Waals surface area contributed by atoms with Gasteiger partial charge in [0.1, 0.15) is 0 Å². The van der Waals surface area contributed by atoms with E-state index in [-0.39, 0.29) is 0 Å². The van der Waals surface area contributed by atoms with Gasteiger partial charge in [-0.25, -0.2) is 0 Å². The summed E-state index contributed by atoms with van der Waals surface area (Å²) >= 11 is 0. The van der Waals surface area contributed by atoms with Crippen molar-refractivity contribution in [3.05, 3.63) is 0 Å². The Bertz CT molecular complexity index is 104. The van der Waals surface area contributed by atoms with Gasteiger partial charge in [-0.05, 0) is 12.6 Å². The topological polar surface area (TPSA) is 36.9 Å². The molecule has 1 fully saturated rings. The van der Waals surface area contributed by atoms with Crippen LogP contribution in [0, 0.1) is 0 Å². The van der Waals surface area contributed by atoms with Crippen LogP contribution in [0.3, 0.4) is 0 Å². The molecule has 14 heavy (non-hydrogen) atoms. The predicted molar refractivity (Wildman–Crippen MR) is 57.8 cm³/mol. The molecule has 0 aliphatic carbocycles. The fraction of sp³-hybridized carbons (Fsp3) is 1.00. The van der Waals surface area contributed by atoms with Crippen LogP contribution in [-0.4, -0.2) is 49.2 Å². The summed E-state index contributed by atoms with van der Waals surface area (Å²) in [5.74, 6) is 0. The minimum Gasteiger partial charge on any atom is -0.398 e. The van der Waals surface area contributed by atoms with Gasteiger partial charge in [0.05, 0.1) is 26.4 Å². The van der Waals surface area contributed by atoms with Gasteiger partial charge in [-0.3, -0.25) is 0 Å². The quantitative estimate of drug-likeness (QED) is 0.677. The maximum atomic E-state index is 5.15. The molecule has 0 radical (unpaired) electrons. The standard InChI is InChI=1S/C5H14O2Si.C4H8O2/c1-5-8(4,6-2)7-3;1-2-6-4-3-5-1/h5H2,1-4H3;1-4H2. The Balaban J connectivity index is 0.000000249. The Hall–Kier alpha value is 0.0569. The van der Waals surface area contributed by atoms with Crippen LogP contribution in [0.1, 0.15) is 6.92 Å². The van der Waals surface area contributed by atoms with E-state index in [1.807, 2.05) is 6.55 Å². The molecule has 4 nitrogen and oxygen atoms in total. The van der Waals surface area contributed by atoms with E-state index < -0.39 is 8.56 Å². The molecular formula is C9H22O4Si. The first-order chi connectivity index (χ1) is 6.68. The molecule has 0 aromatic heterocycles. The summed E-state index contributed by atoms with van der Waals surface area (Å²) in [6.07, 6.45) is 0. The molecule has 0 atom stereocenters. The summed E-state index contributed by atoms with van der Waals surface area (Å²) < 4.78 is 20.2. The second-order valence-electron chi connectivity index (χ2n) is 3.12. The van der Waals surface area contributed by atoms with Crippen molar-refractivity contribution in [3.63, 3.8) is 0 Å². The fourth-order valence-electron chi connectivity index (χ4n) is 0.812. The lowest BCUT2D eigenvalue weighted by atomic mass is 10.6. The van der Waals surface area contributed by atoms with Crippen molar-refractivity contribution < 1.29 is 18.3 Å². The van der Waals surface area contributed by atoms with E-state index in [4.69, 9.17) is 18.3 Å². The van der Waals surface area contributed by atoms with Gasteiger partial charge < -0.3 is 18.3 Å². The van der Waals surface area contributed by atoms with Gasteiger partial charge in [0.15, 0.2) is 0 Å². The molecule has 1 rings (SSSR count). The van der Waals surface area contributed by atoms with E-state index in [1.165, 1.54) is 0 Å². The highest BCUT2D eigenvalue weighted by molar-refractivity contribution is 6.65. The van der Waals surface area contributed by atoms with Gasteiger partial charge in [0.2, 0.25) is 0 Å². The van der Waals surface area contributed by atoms with Crippen molar-refractivity contribution in [1.29, 1.82) is 0 Å². The molecule has 0 aromatic rings. The van der Waals surface area contributed by atoms with E-state index in [2.05, 4.69) is 6.92 Å². The smallest absolute Gasteiger partial charge is 0.334 e. The highest BCUT2D eigenvalue weighted by Gasteiger charge is 2.24. The minimum absolute atomic E-state index is 0.778. The minimum atomic E-state index is -1.67. The summed E-state index contributed by atoms with van der Waals surface area (Å²) in [6, 6.07) is 1.01. The van der Waals surface area contributed by atoms with Gasteiger partial charge in [-0.15, -0.1) is 0 Å². The fourth-order valence-corrected chi connectivity index (χ4v) is 1.56. The van der Waals surface area contributed by atoms with Crippen LogP contribution in [0.25, 0.3) is 0 Å². The zero-order valence-corrected chi connectivity index (χ0v) is 10.7. The zero-order valence-electron chi connectivity index (χ0n) is 9.67. The first-order valence-electron chi connectivity index (χ1n) is 4.94. The molecule has 0 unspecified atom stereocenters. The second kappa shape index (κ2) is 8.37. The van der Waals surface area contributed by atoms with Crippen molar-refractivity contribution in [2.75, 3.05) is 40.6 Å². The summed E-state index contributed by atoms with van der Waals surface area (Å²) in [5, 5.41) is 0. The summed E-state index contributed by atoms with van der Waals surface area (Å²) in [7, 11) is 1.74. The van der Waals surface area contributed by atoms with Gasteiger partial charge in [0.25, 0.3) is 0 Å². The van der Waals surface area contributed by atoms with Crippen molar-refractivity contribution in [3.8, 4) is 0 Å². The number of hydrogen-bond acceptors (Lipinski definition) is 4. The molecule has 1 saturated heterocycles. The highest BCUT2D eigenvalue weighted by atomic mass is 28.4. The molecule has 1 heterocycles. The van der Waals surface area contributed by atoms with E-state index in [9.17, 15) is 0 Å². The van der Waals surface area contributed by atoms with E-state index in [0.717, 1.165) is 32.5 Å². The number of hydrogen-bond donors (Lipinski definition) is 0. The average Bonchev–Trinajstić information content (AvgIpc) is 2.31. The Kier molecular flexibility index (Phi) is 8.41. The van der Waals surface area contributed by atoms with E-state index >= 15 is 0 Å². The lowest BCUT2D eigenvalue weighted by Gasteiger charge is -2.19. The third-order valence-corrected chi connectivity index (χ3v) is 5.26.